The molecule has 0 aliphatic rings. The lowest BCUT2D eigenvalue weighted by molar-refractivity contribution is 0.102. The van der Waals surface area contributed by atoms with Crippen LogP contribution in [0.1, 0.15) is 15.4 Å². The highest BCUT2D eigenvalue weighted by atomic mass is 32.1. The highest BCUT2D eigenvalue weighted by Crippen LogP contribution is 2.25. The molecule has 3 rings (SSSR count). The van der Waals surface area contributed by atoms with Crippen LogP contribution in [0.5, 0.6) is 0 Å². The minimum absolute atomic E-state index is 0.265. The van der Waals surface area contributed by atoms with Crippen molar-refractivity contribution in [3.63, 3.8) is 0 Å². The van der Waals surface area contributed by atoms with Crippen molar-refractivity contribution in [2.24, 2.45) is 5.73 Å². The van der Waals surface area contributed by atoms with E-state index in [0.29, 0.717) is 16.9 Å². The van der Waals surface area contributed by atoms with Crippen molar-refractivity contribution >= 4 is 44.9 Å². The second-order valence-electron chi connectivity index (χ2n) is 4.94. The number of aryl methyl sites for hydroxylation is 1. The zero-order valence-corrected chi connectivity index (χ0v) is 13.1. The Balaban J connectivity index is 1.81. The van der Waals surface area contributed by atoms with Crippen molar-refractivity contribution < 1.29 is 9.59 Å². The van der Waals surface area contributed by atoms with Crippen molar-refractivity contribution in [2.45, 2.75) is 6.92 Å². The zero-order chi connectivity index (χ0) is 16.4. The van der Waals surface area contributed by atoms with Gasteiger partial charge in [-0.2, -0.15) is 0 Å². The fourth-order valence-corrected chi connectivity index (χ4v) is 3.07. The molecule has 3 aromatic rings. The Bertz CT molecular complexity index is 904. The van der Waals surface area contributed by atoms with Gasteiger partial charge in [0.1, 0.15) is 0 Å². The molecule has 7 heteroatoms. The topological polar surface area (TPSA) is 97.1 Å². The minimum Gasteiger partial charge on any atom is -0.351 e. The number of rotatable bonds is 3. The predicted molar refractivity (Wildman–Crippen MR) is 92.0 cm³/mol. The van der Waals surface area contributed by atoms with Gasteiger partial charge in [-0.1, -0.05) is 6.07 Å². The molecule has 1 heterocycles. The summed E-state index contributed by atoms with van der Waals surface area (Å²) in [4.78, 5) is 27.6. The van der Waals surface area contributed by atoms with Crippen molar-refractivity contribution in [2.75, 3.05) is 10.6 Å². The second-order valence-corrected chi connectivity index (χ2v) is 6.17. The maximum atomic E-state index is 12.3. The number of anilines is 2. The van der Waals surface area contributed by atoms with Gasteiger partial charge in [-0.3, -0.25) is 4.79 Å². The summed E-state index contributed by atoms with van der Waals surface area (Å²) in [6, 6.07) is 11.5. The fourth-order valence-electron chi connectivity index (χ4n) is 2.20. The number of benzene rings is 2. The summed E-state index contributed by atoms with van der Waals surface area (Å²) in [5.41, 5.74) is 7.58. The van der Waals surface area contributed by atoms with Gasteiger partial charge in [0.2, 0.25) is 0 Å². The molecule has 0 spiro atoms. The molecule has 0 aliphatic carbocycles. The maximum Gasteiger partial charge on any atom is 0.316 e. The van der Waals surface area contributed by atoms with Gasteiger partial charge < -0.3 is 16.4 Å². The number of primary amides is 1. The first kappa shape index (κ1) is 15.0. The average molecular weight is 326 g/mol. The molecular weight excluding hydrogens is 312 g/mol. The predicted octanol–water partition coefficient (Wildman–Crippen LogP) is 3.35. The SMILES string of the molecule is Cc1nc2ccc(NC(=O)c3cccc(NC(N)=O)c3)cc2s1. The van der Waals surface area contributed by atoms with E-state index in [2.05, 4.69) is 15.6 Å². The molecule has 4 N–H and O–H groups in total. The Kier molecular flexibility index (Phi) is 3.94. The average Bonchev–Trinajstić information content (AvgIpc) is 2.86. The lowest BCUT2D eigenvalue weighted by atomic mass is 10.2. The van der Waals surface area contributed by atoms with Gasteiger partial charge in [0.05, 0.1) is 15.2 Å². The maximum absolute atomic E-state index is 12.3. The fraction of sp³-hybridized carbons (Fsp3) is 0.0625. The number of fused-ring (bicyclic) bond motifs is 1. The molecular formula is C16H14N4O2S. The van der Waals surface area contributed by atoms with Gasteiger partial charge in [-0.05, 0) is 43.3 Å². The molecule has 23 heavy (non-hydrogen) atoms. The molecule has 116 valence electrons. The first-order chi connectivity index (χ1) is 11.0. The third-order valence-electron chi connectivity index (χ3n) is 3.15. The molecule has 3 amide bonds. The number of carbonyl (C=O) groups is 2. The normalized spacial score (nSPS) is 10.5. The molecule has 0 atom stereocenters. The summed E-state index contributed by atoms with van der Waals surface area (Å²) in [5, 5.41) is 6.26. The molecule has 0 bridgehead atoms. The van der Waals surface area contributed by atoms with Gasteiger partial charge in [0.25, 0.3) is 5.91 Å². The summed E-state index contributed by atoms with van der Waals surface area (Å²) >= 11 is 1.57. The van der Waals surface area contributed by atoms with Gasteiger partial charge in [0.15, 0.2) is 0 Å². The molecule has 0 radical (unpaired) electrons. The van der Waals surface area contributed by atoms with E-state index in [1.54, 1.807) is 35.6 Å². The number of amides is 3. The molecule has 0 saturated heterocycles. The quantitative estimate of drug-likeness (QED) is 0.688. The first-order valence-corrected chi connectivity index (χ1v) is 7.68. The summed E-state index contributed by atoms with van der Waals surface area (Å²) in [6.07, 6.45) is 0. The van der Waals surface area contributed by atoms with Crippen LogP contribution in [0.25, 0.3) is 10.2 Å². The van der Waals surface area contributed by atoms with E-state index in [9.17, 15) is 9.59 Å². The Morgan fingerprint density at radius 1 is 1.09 bits per heavy atom. The molecule has 0 fully saturated rings. The van der Waals surface area contributed by atoms with Crippen LogP contribution in [0.3, 0.4) is 0 Å². The Morgan fingerprint density at radius 3 is 2.65 bits per heavy atom. The number of nitrogens with zero attached hydrogens (tertiary/aromatic N) is 1. The number of hydrogen-bond donors (Lipinski definition) is 3. The number of hydrogen-bond acceptors (Lipinski definition) is 4. The van der Waals surface area contributed by atoms with Gasteiger partial charge in [0, 0.05) is 16.9 Å². The number of aromatic nitrogens is 1. The highest BCUT2D eigenvalue weighted by Gasteiger charge is 2.09. The van der Waals surface area contributed by atoms with Crippen molar-refractivity contribution in [1.29, 1.82) is 0 Å². The molecule has 0 saturated carbocycles. The molecule has 1 aromatic heterocycles. The van der Waals surface area contributed by atoms with Gasteiger partial charge >= 0.3 is 6.03 Å². The van der Waals surface area contributed by atoms with E-state index in [0.717, 1.165) is 15.2 Å². The summed E-state index contributed by atoms with van der Waals surface area (Å²) < 4.78 is 1.02. The smallest absolute Gasteiger partial charge is 0.316 e. The van der Waals surface area contributed by atoms with Crippen molar-refractivity contribution in [1.82, 2.24) is 4.98 Å². The third-order valence-corrected chi connectivity index (χ3v) is 4.08. The van der Waals surface area contributed by atoms with E-state index < -0.39 is 6.03 Å². The van der Waals surface area contributed by atoms with Crippen molar-refractivity contribution in [3.8, 4) is 0 Å². The van der Waals surface area contributed by atoms with Crippen LogP contribution in [0.15, 0.2) is 42.5 Å². The zero-order valence-electron chi connectivity index (χ0n) is 12.3. The molecule has 6 nitrogen and oxygen atoms in total. The summed E-state index contributed by atoms with van der Waals surface area (Å²) in [5.74, 6) is -0.265. The largest absolute Gasteiger partial charge is 0.351 e. The number of urea groups is 1. The van der Waals surface area contributed by atoms with Crippen LogP contribution in [-0.2, 0) is 0 Å². The van der Waals surface area contributed by atoms with Crippen LogP contribution in [0.4, 0.5) is 16.2 Å². The first-order valence-electron chi connectivity index (χ1n) is 6.86. The van der Waals surface area contributed by atoms with Crippen LogP contribution in [0, 0.1) is 6.92 Å². The van der Waals surface area contributed by atoms with Gasteiger partial charge in [-0.25, -0.2) is 9.78 Å². The molecule has 0 unspecified atom stereocenters. The van der Waals surface area contributed by atoms with Crippen LogP contribution in [-0.4, -0.2) is 16.9 Å². The van der Waals surface area contributed by atoms with E-state index in [1.165, 1.54) is 0 Å². The number of thiazole rings is 1. The highest BCUT2D eigenvalue weighted by molar-refractivity contribution is 7.18. The van der Waals surface area contributed by atoms with Crippen molar-refractivity contribution in [3.05, 3.63) is 53.0 Å². The van der Waals surface area contributed by atoms with Crippen LogP contribution >= 0.6 is 11.3 Å². The Morgan fingerprint density at radius 2 is 1.87 bits per heavy atom. The number of nitrogens with one attached hydrogen (secondary N) is 2. The second kappa shape index (κ2) is 6.05. The Labute approximate surface area is 136 Å². The standard InChI is InChI=1S/C16H14N4O2S/c1-9-18-13-6-5-12(8-14(13)23-9)19-15(21)10-3-2-4-11(7-10)20-16(17)22/h2-8H,1H3,(H,19,21)(H3,17,20,22). The Hall–Kier alpha value is -2.93. The third kappa shape index (κ3) is 3.46. The van der Waals surface area contributed by atoms with Gasteiger partial charge in [-0.15, -0.1) is 11.3 Å². The minimum atomic E-state index is -0.673. The summed E-state index contributed by atoms with van der Waals surface area (Å²) in [7, 11) is 0. The summed E-state index contributed by atoms with van der Waals surface area (Å²) in [6.45, 7) is 1.94. The lowest BCUT2D eigenvalue weighted by Crippen LogP contribution is -2.19. The van der Waals surface area contributed by atoms with E-state index in [4.69, 9.17) is 5.73 Å². The van der Waals surface area contributed by atoms with E-state index in [1.807, 2.05) is 25.1 Å². The molecule has 2 aromatic carbocycles. The molecule has 0 aliphatic heterocycles. The van der Waals surface area contributed by atoms with E-state index >= 15 is 0 Å². The number of carbonyl (C=O) groups excluding carboxylic acids is 2. The van der Waals surface area contributed by atoms with Crippen LogP contribution < -0.4 is 16.4 Å². The lowest BCUT2D eigenvalue weighted by Gasteiger charge is -2.07. The van der Waals surface area contributed by atoms with Crippen LogP contribution in [0.2, 0.25) is 0 Å². The van der Waals surface area contributed by atoms with E-state index in [-0.39, 0.29) is 5.91 Å². The monoisotopic (exact) mass is 326 g/mol. The number of nitrogens with two attached hydrogens (primary N) is 1.